The maximum Gasteiger partial charge on any atom is 0.277 e. The highest BCUT2D eigenvalue weighted by molar-refractivity contribution is 7.92. The summed E-state index contributed by atoms with van der Waals surface area (Å²) in [5, 5.41) is 8.39. The summed E-state index contributed by atoms with van der Waals surface area (Å²) in [6.45, 7) is 1.78. The molecule has 1 aromatic heterocycles. The maximum absolute atomic E-state index is 12.0. The van der Waals surface area contributed by atoms with Crippen molar-refractivity contribution in [3.8, 4) is 0 Å². The Kier molecular flexibility index (Phi) is 3.98. The number of anilines is 1. The fourth-order valence-electron chi connectivity index (χ4n) is 1.43. The molecule has 0 amide bonds. The Morgan fingerprint density at radius 2 is 1.71 bits per heavy atom. The van der Waals surface area contributed by atoms with Crippen molar-refractivity contribution in [2.45, 2.75) is 23.1 Å². The van der Waals surface area contributed by atoms with Gasteiger partial charge in [0.1, 0.15) is 0 Å². The lowest BCUT2D eigenvalue weighted by atomic mass is 10.4. The summed E-state index contributed by atoms with van der Waals surface area (Å²) in [4.78, 5) is 3.47. The SMILES string of the molecule is CCc1nc(NS(=O)(=O)c2ccc(S(N)(=O)=O)cc2)no1. The molecule has 0 aliphatic heterocycles. The summed E-state index contributed by atoms with van der Waals surface area (Å²) < 4.78 is 53.2. The van der Waals surface area contributed by atoms with Gasteiger partial charge in [-0.25, -0.2) is 26.7 Å². The lowest BCUT2D eigenvalue weighted by molar-refractivity contribution is 0.383. The summed E-state index contributed by atoms with van der Waals surface area (Å²) >= 11 is 0. The van der Waals surface area contributed by atoms with Gasteiger partial charge in [0.2, 0.25) is 15.9 Å². The first-order valence-electron chi connectivity index (χ1n) is 5.70. The molecule has 0 saturated heterocycles. The molecule has 0 bridgehead atoms. The van der Waals surface area contributed by atoms with Gasteiger partial charge in [0.15, 0.2) is 0 Å². The van der Waals surface area contributed by atoms with Crippen LogP contribution in [0.2, 0.25) is 0 Å². The first-order chi connectivity index (χ1) is 9.72. The standard InChI is InChI=1S/C10H12N4O5S2/c1-2-9-12-10(13-19-9)14-21(17,18)8-5-3-7(4-6-8)20(11,15)16/h3-6H,2H2,1H3,(H,13,14)(H2,11,15,16). The van der Waals surface area contributed by atoms with E-state index >= 15 is 0 Å². The number of aromatic nitrogens is 2. The van der Waals surface area contributed by atoms with E-state index in [4.69, 9.17) is 9.66 Å². The Balaban J connectivity index is 2.27. The van der Waals surface area contributed by atoms with Crippen molar-refractivity contribution in [3.63, 3.8) is 0 Å². The van der Waals surface area contributed by atoms with Gasteiger partial charge in [0.25, 0.3) is 16.0 Å². The van der Waals surface area contributed by atoms with Gasteiger partial charge in [-0.2, -0.15) is 4.98 Å². The topological polar surface area (TPSA) is 145 Å². The molecule has 1 heterocycles. The van der Waals surface area contributed by atoms with Crippen molar-refractivity contribution >= 4 is 26.0 Å². The molecule has 2 rings (SSSR count). The third-order valence-corrected chi connectivity index (χ3v) is 4.73. The normalized spacial score (nSPS) is 12.3. The van der Waals surface area contributed by atoms with Gasteiger partial charge in [-0.1, -0.05) is 6.92 Å². The number of nitrogens with one attached hydrogen (secondary N) is 1. The second-order valence-electron chi connectivity index (χ2n) is 3.99. The van der Waals surface area contributed by atoms with Crippen molar-refractivity contribution in [1.82, 2.24) is 10.1 Å². The van der Waals surface area contributed by atoms with Crippen LogP contribution in [0.4, 0.5) is 5.95 Å². The summed E-state index contributed by atoms with van der Waals surface area (Å²) in [6, 6.07) is 4.42. The quantitative estimate of drug-likeness (QED) is 0.788. The van der Waals surface area contributed by atoms with E-state index in [9.17, 15) is 16.8 Å². The third-order valence-electron chi connectivity index (χ3n) is 2.46. The van der Waals surface area contributed by atoms with Gasteiger partial charge < -0.3 is 4.52 Å². The van der Waals surface area contributed by atoms with Gasteiger partial charge >= 0.3 is 0 Å². The Bertz CT molecular complexity index is 840. The smallest absolute Gasteiger partial charge is 0.277 e. The number of sulfonamides is 2. The van der Waals surface area contributed by atoms with E-state index in [1.165, 1.54) is 0 Å². The number of primary sulfonamides is 1. The highest BCUT2D eigenvalue weighted by Gasteiger charge is 2.18. The molecule has 9 nitrogen and oxygen atoms in total. The van der Waals surface area contributed by atoms with E-state index in [0.29, 0.717) is 6.42 Å². The van der Waals surface area contributed by atoms with Crippen LogP contribution in [0.3, 0.4) is 0 Å². The average molecular weight is 332 g/mol. The predicted molar refractivity (Wildman–Crippen MR) is 72.3 cm³/mol. The van der Waals surface area contributed by atoms with Crippen LogP contribution in [0.15, 0.2) is 38.6 Å². The summed E-state index contributed by atoms with van der Waals surface area (Å²) in [6.07, 6.45) is 0.470. The maximum atomic E-state index is 12.0. The van der Waals surface area contributed by atoms with E-state index in [-0.39, 0.29) is 21.6 Å². The monoisotopic (exact) mass is 332 g/mol. The first-order valence-corrected chi connectivity index (χ1v) is 8.73. The van der Waals surface area contributed by atoms with Gasteiger partial charge in [-0.15, -0.1) is 0 Å². The second kappa shape index (κ2) is 5.42. The Hall–Kier alpha value is -1.98. The van der Waals surface area contributed by atoms with Gasteiger partial charge in [0, 0.05) is 6.42 Å². The Labute approximate surface area is 121 Å². The minimum absolute atomic E-state index is 0.155. The second-order valence-corrected chi connectivity index (χ2v) is 7.23. The van der Waals surface area contributed by atoms with Crippen molar-refractivity contribution < 1.29 is 21.4 Å². The molecule has 0 unspecified atom stereocenters. The molecule has 0 atom stereocenters. The molecule has 0 radical (unpaired) electrons. The molecular formula is C10H12N4O5S2. The molecule has 0 aliphatic carbocycles. The fraction of sp³-hybridized carbons (Fsp3) is 0.200. The van der Waals surface area contributed by atoms with E-state index < -0.39 is 20.0 Å². The van der Waals surface area contributed by atoms with Crippen LogP contribution in [0.5, 0.6) is 0 Å². The number of rotatable bonds is 5. The Morgan fingerprint density at radius 1 is 1.14 bits per heavy atom. The number of nitrogens with zero attached hydrogens (tertiary/aromatic N) is 2. The average Bonchev–Trinajstić information content (AvgIpc) is 2.85. The molecule has 0 saturated carbocycles. The zero-order valence-electron chi connectivity index (χ0n) is 10.8. The minimum atomic E-state index is -3.94. The lowest BCUT2D eigenvalue weighted by Gasteiger charge is -2.04. The zero-order valence-corrected chi connectivity index (χ0v) is 12.5. The number of nitrogens with two attached hydrogens (primary N) is 1. The highest BCUT2D eigenvalue weighted by atomic mass is 32.2. The summed E-state index contributed by atoms with van der Waals surface area (Å²) in [5.41, 5.74) is 0. The van der Waals surface area contributed by atoms with E-state index in [1.54, 1.807) is 6.92 Å². The molecule has 0 aliphatic rings. The van der Waals surface area contributed by atoms with Crippen molar-refractivity contribution in [2.75, 3.05) is 4.72 Å². The molecule has 11 heteroatoms. The molecule has 3 N–H and O–H groups in total. The van der Waals surface area contributed by atoms with E-state index in [1.807, 2.05) is 0 Å². The molecule has 0 fully saturated rings. The third kappa shape index (κ3) is 3.56. The number of benzene rings is 1. The van der Waals surface area contributed by atoms with Crippen LogP contribution >= 0.6 is 0 Å². The molecule has 2 aromatic rings. The fourth-order valence-corrected chi connectivity index (χ4v) is 2.88. The number of hydrogen-bond donors (Lipinski definition) is 2. The molecule has 0 spiro atoms. The van der Waals surface area contributed by atoms with Crippen LogP contribution in [0.1, 0.15) is 12.8 Å². The molecule has 21 heavy (non-hydrogen) atoms. The molecule has 1 aromatic carbocycles. The number of hydrogen-bond acceptors (Lipinski definition) is 7. The van der Waals surface area contributed by atoms with Crippen molar-refractivity contribution in [3.05, 3.63) is 30.2 Å². The molecular weight excluding hydrogens is 320 g/mol. The van der Waals surface area contributed by atoms with Crippen LogP contribution in [-0.2, 0) is 26.5 Å². The number of aryl methyl sites for hydroxylation is 1. The van der Waals surface area contributed by atoms with Crippen LogP contribution in [0.25, 0.3) is 0 Å². The minimum Gasteiger partial charge on any atom is -0.337 e. The van der Waals surface area contributed by atoms with Crippen LogP contribution < -0.4 is 9.86 Å². The van der Waals surface area contributed by atoms with Gasteiger partial charge in [-0.05, 0) is 29.4 Å². The molecule has 114 valence electrons. The largest absolute Gasteiger partial charge is 0.337 e. The van der Waals surface area contributed by atoms with Gasteiger partial charge in [0.05, 0.1) is 9.79 Å². The van der Waals surface area contributed by atoms with Crippen LogP contribution in [-0.4, -0.2) is 27.0 Å². The predicted octanol–water partition coefficient (Wildman–Crippen LogP) is 0.0802. The summed E-state index contributed by atoms with van der Waals surface area (Å²) in [7, 11) is -7.82. The zero-order chi connectivity index (χ0) is 15.7. The van der Waals surface area contributed by atoms with Crippen molar-refractivity contribution in [1.29, 1.82) is 0 Å². The Morgan fingerprint density at radius 3 is 2.19 bits per heavy atom. The van der Waals surface area contributed by atoms with Gasteiger partial charge in [-0.3, -0.25) is 0 Å². The summed E-state index contributed by atoms with van der Waals surface area (Å²) in [5.74, 6) is 0.0969. The van der Waals surface area contributed by atoms with E-state index in [2.05, 4.69) is 14.9 Å². The van der Waals surface area contributed by atoms with E-state index in [0.717, 1.165) is 24.3 Å². The van der Waals surface area contributed by atoms with Crippen LogP contribution in [0, 0.1) is 0 Å². The van der Waals surface area contributed by atoms with Crippen molar-refractivity contribution in [2.24, 2.45) is 5.14 Å². The first kappa shape index (κ1) is 15.4. The highest BCUT2D eigenvalue weighted by Crippen LogP contribution is 2.16. The lowest BCUT2D eigenvalue weighted by Crippen LogP contribution is -2.15.